The van der Waals surface area contributed by atoms with Crippen molar-refractivity contribution in [3.05, 3.63) is 12.4 Å². The molecular weight excluding hydrogens is 525 g/mol. The Morgan fingerprint density at radius 3 is 2.37 bits per heavy atom. The van der Waals surface area contributed by atoms with Crippen molar-refractivity contribution in [1.29, 1.82) is 0 Å². The van der Waals surface area contributed by atoms with Crippen molar-refractivity contribution in [2.75, 3.05) is 11.9 Å². The molecule has 0 aromatic carbocycles. The summed E-state index contributed by atoms with van der Waals surface area (Å²) in [7, 11) is 0. The topological polar surface area (TPSA) is 108 Å². The van der Waals surface area contributed by atoms with Gasteiger partial charge >= 0.3 is 12.0 Å². The minimum atomic E-state index is -1.08. The van der Waals surface area contributed by atoms with Crippen LogP contribution in [0.1, 0.15) is 129 Å². The molecule has 3 rings (SSSR count). The number of nitrogens with zero attached hydrogens (tertiary/aromatic N) is 4. The molecule has 0 spiro atoms. The van der Waals surface area contributed by atoms with Crippen LogP contribution in [0.3, 0.4) is 0 Å². The fourth-order valence-electron chi connectivity index (χ4n) is 5.11. The summed E-state index contributed by atoms with van der Waals surface area (Å²) in [6.07, 6.45) is 22.1. The molecule has 0 aliphatic carbocycles. The van der Waals surface area contributed by atoms with E-state index < -0.39 is 17.9 Å². The van der Waals surface area contributed by atoms with Gasteiger partial charge in [0.25, 0.3) is 0 Å². The molecular formula is C31H46FN5O4. The molecule has 2 aromatic heterocycles. The van der Waals surface area contributed by atoms with E-state index in [2.05, 4.69) is 33.1 Å². The van der Waals surface area contributed by atoms with Crippen LogP contribution in [0, 0.1) is 18.4 Å². The number of anilines is 1. The summed E-state index contributed by atoms with van der Waals surface area (Å²) in [5.41, 5.74) is -0.618. The lowest BCUT2D eigenvalue weighted by Crippen LogP contribution is -2.34. The van der Waals surface area contributed by atoms with E-state index in [-0.39, 0.29) is 35.5 Å². The maximum Gasteiger partial charge on any atom is 0.312 e. The Kier molecular flexibility index (Phi) is 13.5. The summed E-state index contributed by atoms with van der Waals surface area (Å²) in [5, 5.41) is 2.71. The van der Waals surface area contributed by atoms with Gasteiger partial charge in [-0.05, 0) is 25.7 Å². The molecule has 3 heterocycles. The monoisotopic (exact) mass is 571 g/mol. The van der Waals surface area contributed by atoms with Crippen molar-refractivity contribution in [3.63, 3.8) is 0 Å². The van der Waals surface area contributed by atoms with Crippen LogP contribution in [-0.4, -0.2) is 43.6 Å². The van der Waals surface area contributed by atoms with Crippen LogP contribution in [0.4, 0.5) is 10.2 Å². The Bertz CT molecular complexity index is 1160. The van der Waals surface area contributed by atoms with Crippen molar-refractivity contribution in [1.82, 2.24) is 19.5 Å². The van der Waals surface area contributed by atoms with Crippen LogP contribution in [0.25, 0.3) is 11.2 Å². The molecule has 1 aliphatic rings. The van der Waals surface area contributed by atoms with Gasteiger partial charge in [-0.2, -0.15) is 14.4 Å². The number of imidazole rings is 1. The van der Waals surface area contributed by atoms with E-state index in [1.54, 1.807) is 4.57 Å². The summed E-state index contributed by atoms with van der Waals surface area (Å²) in [6, 6.07) is 0. The summed E-state index contributed by atoms with van der Waals surface area (Å²) < 4.78 is 27.5. The van der Waals surface area contributed by atoms with Gasteiger partial charge in [-0.25, -0.2) is 4.98 Å². The van der Waals surface area contributed by atoms with Crippen molar-refractivity contribution in [3.8, 4) is 12.3 Å². The number of hydrogen-bond donors (Lipinski definition) is 1. The van der Waals surface area contributed by atoms with Gasteiger partial charge in [0.1, 0.15) is 12.8 Å². The van der Waals surface area contributed by atoms with Crippen molar-refractivity contribution in [2.45, 2.75) is 135 Å². The molecule has 0 radical (unpaired) electrons. The van der Waals surface area contributed by atoms with Gasteiger partial charge in [0.05, 0.1) is 6.33 Å². The number of rotatable bonds is 19. The van der Waals surface area contributed by atoms with E-state index in [1.807, 2.05) is 6.92 Å². The van der Waals surface area contributed by atoms with Gasteiger partial charge < -0.3 is 14.8 Å². The number of nitrogens with one attached hydrogen (secondary N) is 1. The smallest absolute Gasteiger partial charge is 0.312 e. The quantitative estimate of drug-likeness (QED) is 0.0835. The Labute approximate surface area is 243 Å². The standard InChI is InChI=1S/C31H46FN5O4/c1-4-7-9-10-11-12-13-14-15-16-17-18-24(38)34-28-27-29(36-30(32)35-28)37(23-33-27)25-20-21-31(6-3,41-25)22-40-26(39)19-8-5-2/h3,23,25H,4-5,7-22H2,1-2H3,(H,34,35,36,38)/t25-,31?/m1/s1. The SMILES string of the molecule is C#CC1(COC(=O)CCCC)CC[C@H](n2cnc3c(NC(=O)CCCCCCCCCCCCC)nc(F)nc32)O1. The van der Waals surface area contributed by atoms with E-state index in [0.29, 0.717) is 25.7 Å². The second-order valence-electron chi connectivity index (χ2n) is 11.0. The highest BCUT2D eigenvalue weighted by atomic mass is 19.1. The first-order valence-corrected chi connectivity index (χ1v) is 15.4. The minimum Gasteiger partial charge on any atom is -0.462 e. The summed E-state index contributed by atoms with van der Waals surface area (Å²) in [5.74, 6) is 2.11. The molecule has 2 aromatic rings. The number of halogens is 1. The number of esters is 1. The molecule has 1 unspecified atom stereocenters. The zero-order valence-corrected chi connectivity index (χ0v) is 24.8. The molecule has 0 bridgehead atoms. The van der Waals surface area contributed by atoms with Crippen LogP contribution in [0.2, 0.25) is 0 Å². The van der Waals surface area contributed by atoms with Crippen molar-refractivity contribution < 1.29 is 23.5 Å². The third-order valence-electron chi connectivity index (χ3n) is 7.59. The van der Waals surface area contributed by atoms with Crippen LogP contribution in [0.15, 0.2) is 6.33 Å². The fourth-order valence-corrected chi connectivity index (χ4v) is 5.11. The predicted molar refractivity (Wildman–Crippen MR) is 156 cm³/mol. The highest BCUT2D eigenvalue weighted by molar-refractivity contribution is 5.96. The average Bonchev–Trinajstić information content (AvgIpc) is 3.58. The van der Waals surface area contributed by atoms with Crippen molar-refractivity contribution in [2.24, 2.45) is 0 Å². The number of fused-ring (bicyclic) bond motifs is 1. The largest absolute Gasteiger partial charge is 0.462 e. The molecule has 1 saturated heterocycles. The normalized spacial score (nSPS) is 18.4. The van der Waals surface area contributed by atoms with Gasteiger partial charge in [0.15, 0.2) is 22.6 Å². The Morgan fingerprint density at radius 1 is 1.05 bits per heavy atom. The number of carbonyl (C=O) groups is 2. The number of terminal acetylenes is 1. The van der Waals surface area contributed by atoms with E-state index in [1.165, 1.54) is 57.7 Å². The van der Waals surface area contributed by atoms with Crippen LogP contribution >= 0.6 is 0 Å². The molecule has 226 valence electrons. The minimum absolute atomic E-state index is 0.0328. The summed E-state index contributed by atoms with van der Waals surface area (Å²) in [4.78, 5) is 36.6. The fraction of sp³-hybridized carbons (Fsp3) is 0.710. The highest BCUT2D eigenvalue weighted by Gasteiger charge is 2.41. The number of aromatic nitrogens is 4. The Morgan fingerprint density at radius 2 is 1.71 bits per heavy atom. The lowest BCUT2D eigenvalue weighted by molar-refractivity contribution is -0.152. The zero-order chi connectivity index (χ0) is 29.5. The second-order valence-corrected chi connectivity index (χ2v) is 11.0. The maximum atomic E-state index is 14.4. The number of carbonyl (C=O) groups excluding carboxylic acids is 2. The van der Waals surface area contributed by atoms with E-state index in [0.717, 1.165) is 32.1 Å². The first kappa shape index (κ1) is 32.5. The number of ether oxygens (including phenoxy) is 2. The van der Waals surface area contributed by atoms with E-state index in [4.69, 9.17) is 15.9 Å². The molecule has 9 nitrogen and oxygen atoms in total. The van der Waals surface area contributed by atoms with Gasteiger partial charge in [0.2, 0.25) is 5.91 Å². The van der Waals surface area contributed by atoms with Crippen LogP contribution in [-0.2, 0) is 19.1 Å². The third-order valence-corrected chi connectivity index (χ3v) is 7.59. The molecule has 10 heteroatoms. The maximum absolute atomic E-state index is 14.4. The second kappa shape index (κ2) is 17.0. The molecule has 1 N–H and O–H groups in total. The molecule has 1 aliphatic heterocycles. The number of unbranched alkanes of at least 4 members (excludes halogenated alkanes) is 11. The Hall–Kier alpha value is -3.06. The molecule has 2 atom stereocenters. The first-order chi connectivity index (χ1) is 19.9. The zero-order valence-electron chi connectivity index (χ0n) is 24.8. The highest BCUT2D eigenvalue weighted by Crippen LogP contribution is 2.38. The molecule has 1 amide bonds. The van der Waals surface area contributed by atoms with Gasteiger partial charge in [-0.1, -0.05) is 90.4 Å². The number of amides is 1. The van der Waals surface area contributed by atoms with E-state index >= 15 is 0 Å². The lowest BCUT2D eigenvalue weighted by Gasteiger charge is -2.23. The van der Waals surface area contributed by atoms with Gasteiger partial charge in [-0.15, -0.1) is 6.42 Å². The third kappa shape index (κ3) is 10.1. The van der Waals surface area contributed by atoms with Crippen molar-refractivity contribution >= 4 is 28.9 Å². The van der Waals surface area contributed by atoms with Crippen LogP contribution in [0.5, 0.6) is 0 Å². The lowest BCUT2D eigenvalue weighted by atomic mass is 10.0. The summed E-state index contributed by atoms with van der Waals surface area (Å²) >= 11 is 0. The van der Waals surface area contributed by atoms with Crippen LogP contribution < -0.4 is 5.32 Å². The Balaban J connectivity index is 1.49. The van der Waals surface area contributed by atoms with Gasteiger partial charge in [-0.3, -0.25) is 14.2 Å². The molecule has 41 heavy (non-hydrogen) atoms. The predicted octanol–water partition coefficient (Wildman–Crippen LogP) is 7.02. The molecule has 1 fully saturated rings. The van der Waals surface area contributed by atoms with E-state index in [9.17, 15) is 14.0 Å². The first-order valence-electron chi connectivity index (χ1n) is 15.4. The van der Waals surface area contributed by atoms with Gasteiger partial charge in [0, 0.05) is 12.8 Å². The number of hydrogen-bond acceptors (Lipinski definition) is 7. The average molecular weight is 572 g/mol. The summed E-state index contributed by atoms with van der Waals surface area (Å²) in [6.45, 7) is 4.17. The molecule has 0 saturated carbocycles.